The number of thiocarbonyl (C=S) groups is 1. The molecule has 1 atom stereocenters. The van der Waals surface area contributed by atoms with Crippen LogP contribution in [0.1, 0.15) is 44.5 Å². The summed E-state index contributed by atoms with van der Waals surface area (Å²) in [7, 11) is 1.37. The number of thiophene rings is 1. The lowest BCUT2D eigenvalue weighted by Crippen LogP contribution is -2.20. The van der Waals surface area contributed by atoms with Gasteiger partial charge in [0.05, 0.1) is 18.2 Å². The maximum atomic E-state index is 12.3. The minimum Gasteiger partial charge on any atom is -0.478 e. The van der Waals surface area contributed by atoms with Crippen molar-refractivity contribution in [2.24, 2.45) is 5.92 Å². The first-order chi connectivity index (χ1) is 12.9. The number of carboxylic acid groups (broad SMARTS) is 1. The van der Waals surface area contributed by atoms with E-state index < -0.39 is 5.97 Å². The number of hydrogen-bond donors (Lipinski definition) is 3. The van der Waals surface area contributed by atoms with E-state index >= 15 is 0 Å². The molecule has 27 heavy (non-hydrogen) atoms. The van der Waals surface area contributed by atoms with E-state index in [0.717, 1.165) is 24.8 Å². The van der Waals surface area contributed by atoms with Crippen LogP contribution < -0.4 is 10.6 Å². The molecule has 0 radical (unpaired) electrons. The number of methoxy groups -OCH3 is 1. The van der Waals surface area contributed by atoms with Gasteiger partial charge in [-0.1, -0.05) is 13.0 Å². The van der Waals surface area contributed by atoms with E-state index in [2.05, 4.69) is 17.6 Å². The quantitative estimate of drug-likeness (QED) is 0.521. The van der Waals surface area contributed by atoms with Crippen molar-refractivity contribution in [3.05, 3.63) is 45.8 Å². The van der Waals surface area contributed by atoms with Gasteiger partial charge >= 0.3 is 11.9 Å². The molecular weight excluding hydrogens is 384 g/mol. The van der Waals surface area contributed by atoms with Crippen LogP contribution in [0.2, 0.25) is 0 Å². The predicted octanol–water partition coefficient (Wildman–Crippen LogP) is 4.17. The second-order valence-corrected chi connectivity index (χ2v) is 8.03. The van der Waals surface area contributed by atoms with E-state index in [1.54, 1.807) is 12.1 Å². The van der Waals surface area contributed by atoms with Gasteiger partial charge in [0.15, 0.2) is 5.11 Å². The molecule has 0 saturated heterocycles. The Balaban J connectivity index is 1.82. The Labute approximate surface area is 166 Å². The first kappa shape index (κ1) is 19.3. The van der Waals surface area contributed by atoms with Crippen molar-refractivity contribution in [2.75, 3.05) is 17.7 Å². The van der Waals surface area contributed by atoms with Crippen molar-refractivity contribution in [1.82, 2.24) is 0 Å². The van der Waals surface area contributed by atoms with Gasteiger partial charge in [0.1, 0.15) is 5.00 Å². The van der Waals surface area contributed by atoms with Gasteiger partial charge in [-0.05, 0) is 61.2 Å². The van der Waals surface area contributed by atoms with Crippen LogP contribution in [-0.2, 0) is 17.6 Å². The maximum Gasteiger partial charge on any atom is 0.341 e. The van der Waals surface area contributed by atoms with Crippen molar-refractivity contribution in [3.63, 3.8) is 0 Å². The topological polar surface area (TPSA) is 87.7 Å². The van der Waals surface area contributed by atoms with Gasteiger partial charge in [0.2, 0.25) is 0 Å². The number of esters is 1. The summed E-state index contributed by atoms with van der Waals surface area (Å²) in [6.45, 7) is 2.20. The number of fused-ring (bicyclic) bond motifs is 1. The summed E-state index contributed by atoms with van der Waals surface area (Å²) in [5, 5.41) is 16.1. The number of aromatic carboxylic acids is 1. The second kappa shape index (κ2) is 8.06. The molecule has 0 aliphatic heterocycles. The lowest BCUT2D eigenvalue weighted by atomic mass is 9.88. The highest BCUT2D eigenvalue weighted by Gasteiger charge is 2.28. The van der Waals surface area contributed by atoms with E-state index in [0.29, 0.717) is 22.2 Å². The van der Waals surface area contributed by atoms with Crippen molar-refractivity contribution in [1.29, 1.82) is 0 Å². The standard InChI is InChI=1S/C19H20N2O4S2/c1-10-6-7-13-14(8-10)27-16(15(13)18(24)25-2)21-19(26)20-12-5-3-4-11(9-12)17(22)23/h3-5,9-10H,6-8H2,1-2H3,(H,22,23)(H2,20,21,26). The molecule has 3 N–H and O–H groups in total. The molecule has 1 unspecified atom stereocenters. The Morgan fingerprint density at radius 2 is 2.11 bits per heavy atom. The third kappa shape index (κ3) is 4.28. The number of anilines is 2. The monoisotopic (exact) mass is 404 g/mol. The average Bonchev–Trinajstić information content (AvgIpc) is 2.97. The molecule has 3 rings (SSSR count). The molecule has 8 heteroatoms. The van der Waals surface area contributed by atoms with E-state index in [-0.39, 0.29) is 16.6 Å². The van der Waals surface area contributed by atoms with Gasteiger partial charge in [-0.15, -0.1) is 11.3 Å². The van der Waals surface area contributed by atoms with E-state index in [4.69, 9.17) is 22.1 Å². The largest absolute Gasteiger partial charge is 0.478 e. The predicted molar refractivity (Wildman–Crippen MR) is 110 cm³/mol. The smallest absolute Gasteiger partial charge is 0.341 e. The Morgan fingerprint density at radius 1 is 1.33 bits per heavy atom. The fourth-order valence-corrected chi connectivity index (χ4v) is 4.84. The van der Waals surface area contributed by atoms with Gasteiger partial charge in [0, 0.05) is 10.6 Å². The summed E-state index contributed by atoms with van der Waals surface area (Å²) in [6.07, 6.45) is 2.82. The highest BCUT2D eigenvalue weighted by atomic mass is 32.1. The highest BCUT2D eigenvalue weighted by molar-refractivity contribution is 7.80. The summed E-state index contributed by atoms with van der Waals surface area (Å²) >= 11 is 6.88. The van der Waals surface area contributed by atoms with E-state index in [9.17, 15) is 9.59 Å². The normalized spacial score (nSPS) is 15.6. The number of hydrogen-bond acceptors (Lipinski definition) is 5. The molecule has 1 aliphatic carbocycles. The van der Waals surface area contributed by atoms with Crippen LogP contribution in [0.3, 0.4) is 0 Å². The molecule has 2 aromatic rings. The second-order valence-electron chi connectivity index (χ2n) is 6.51. The molecule has 0 spiro atoms. The zero-order valence-corrected chi connectivity index (χ0v) is 16.6. The van der Waals surface area contributed by atoms with Crippen molar-refractivity contribution in [2.45, 2.75) is 26.2 Å². The van der Waals surface area contributed by atoms with Crippen LogP contribution in [0.4, 0.5) is 10.7 Å². The van der Waals surface area contributed by atoms with Crippen LogP contribution >= 0.6 is 23.6 Å². The van der Waals surface area contributed by atoms with E-state index in [1.807, 2.05) is 0 Å². The minimum atomic E-state index is -1.01. The molecule has 1 aromatic heterocycles. The number of benzene rings is 1. The van der Waals surface area contributed by atoms with Crippen LogP contribution in [0.25, 0.3) is 0 Å². The molecule has 6 nitrogen and oxygen atoms in total. The number of rotatable bonds is 4. The number of carboxylic acids is 1. The van der Waals surface area contributed by atoms with Crippen LogP contribution in [0.15, 0.2) is 24.3 Å². The van der Waals surface area contributed by atoms with Gasteiger partial charge < -0.3 is 20.5 Å². The van der Waals surface area contributed by atoms with Crippen molar-refractivity contribution >= 4 is 51.3 Å². The summed E-state index contributed by atoms with van der Waals surface area (Å²) in [5.74, 6) is -0.802. The zero-order valence-electron chi connectivity index (χ0n) is 15.0. The van der Waals surface area contributed by atoms with Crippen molar-refractivity contribution in [3.8, 4) is 0 Å². The fraction of sp³-hybridized carbons (Fsp3) is 0.316. The SMILES string of the molecule is COC(=O)c1c(NC(=S)Nc2cccc(C(=O)O)c2)sc2c1CCC(C)C2. The van der Waals surface area contributed by atoms with Gasteiger partial charge in [-0.3, -0.25) is 0 Å². The van der Waals surface area contributed by atoms with Crippen LogP contribution in [0.5, 0.6) is 0 Å². The lowest BCUT2D eigenvalue weighted by molar-refractivity contribution is 0.0600. The molecule has 0 amide bonds. The molecule has 1 aromatic carbocycles. The zero-order chi connectivity index (χ0) is 19.6. The van der Waals surface area contributed by atoms with Crippen LogP contribution in [-0.4, -0.2) is 29.3 Å². The summed E-state index contributed by atoms with van der Waals surface area (Å²) in [5.41, 5.74) is 2.32. The Bertz CT molecular complexity index is 907. The summed E-state index contributed by atoms with van der Waals surface area (Å²) < 4.78 is 4.97. The fourth-order valence-electron chi connectivity index (χ4n) is 3.15. The third-order valence-corrected chi connectivity index (χ3v) is 5.87. The maximum absolute atomic E-state index is 12.3. The Hall–Kier alpha value is -2.45. The Kier molecular flexibility index (Phi) is 5.76. The molecule has 0 saturated carbocycles. The van der Waals surface area contributed by atoms with Gasteiger partial charge in [0.25, 0.3) is 0 Å². The number of carbonyl (C=O) groups excluding carboxylic acids is 1. The number of nitrogens with one attached hydrogen (secondary N) is 2. The summed E-state index contributed by atoms with van der Waals surface area (Å²) in [4.78, 5) is 24.6. The molecule has 142 valence electrons. The van der Waals surface area contributed by atoms with Crippen LogP contribution in [0, 0.1) is 5.92 Å². The third-order valence-electron chi connectivity index (χ3n) is 4.50. The minimum absolute atomic E-state index is 0.165. The molecule has 1 heterocycles. The summed E-state index contributed by atoms with van der Waals surface area (Å²) in [6, 6.07) is 6.37. The molecular formula is C19H20N2O4S2. The van der Waals surface area contributed by atoms with E-state index in [1.165, 1.54) is 35.5 Å². The number of ether oxygens (including phenoxy) is 1. The molecule has 1 aliphatic rings. The van der Waals surface area contributed by atoms with Gasteiger partial charge in [-0.25, -0.2) is 9.59 Å². The Morgan fingerprint density at radius 3 is 2.81 bits per heavy atom. The first-order valence-electron chi connectivity index (χ1n) is 8.53. The molecule has 0 fully saturated rings. The number of carbonyl (C=O) groups is 2. The lowest BCUT2D eigenvalue weighted by Gasteiger charge is -2.18. The van der Waals surface area contributed by atoms with Gasteiger partial charge in [-0.2, -0.15) is 0 Å². The highest BCUT2D eigenvalue weighted by Crippen LogP contribution is 2.40. The molecule has 0 bridgehead atoms. The van der Waals surface area contributed by atoms with Crippen molar-refractivity contribution < 1.29 is 19.4 Å². The average molecular weight is 405 g/mol. The first-order valence-corrected chi connectivity index (χ1v) is 9.75.